The number of para-hydroxylation sites is 1. The molecule has 0 fully saturated rings. The molecule has 10 heteroatoms. The van der Waals surface area contributed by atoms with E-state index in [9.17, 15) is 19.7 Å². The zero-order valence-electron chi connectivity index (χ0n) is 21.6. The van der Waals surface area contributed by atoms with Gasteiger partial charge in [0.1, 0.15) is 23.5 Å². The summed E-state index contributed by atoms with van der Waals surface area (Å²) in [6.45, 7) is 2.18. The summed E-state index contributed by atoms with van der Waals surface area (Å²) in [4.78, 5) is 38.3. The molecular weight excluding hydrogens is 504 g/mol. The highest BCUT2D eigenvalue weighted by atomic mass is 16.6. The molecule has 1 amide bonds. The van der Waals surface area contributed by atoms with Crippen LogP contribution in [0.25, 0.3) is 11.0 Å². The summed E-state index contributed by atoms with van der Waals surface area (Å²) in [6, 6.07) is 15.6. The number of hydrogen-bond donors (Lipinski definition) is 0. The number of nitro benzene ring substituents is 1. The van der Waals surface area contributed by atoms with E-state index in [4.69, 9.17) is 18.6 Å². The fourth-order valence-corrected chi connectivity index (χ4v) is 4.99. The Morgan fingerprint density at radius 2 is 1.82 bits per heavy atom. The summed E-state index contributed by atoms with van der Waals surface area (Å²) >= 11 is 0. The minimum absolute atomic E-state index is 0.000572. The molecule has 0 N–H and O–H groups in total. The molecule has 0 saturated heterocycles. The normalized spacial score (nSPS) is 14.5. The van der Waals surface area contributed by atoms with E-state index in [2.05, 4.69) is 0 Å². The third kappa shape index (κ3) is 4.88. The van der Waals surface area contributed by atoms with Crippen molar-refractivity contribution >= 4 is 22.6 Å². The molecule has 200 valence electrons. The standard InChI is InChI=1S/C29H26N2O8/c1-17-12-28(32)39-25-14-19(8-9-20(17)25)38-16-24-22-15-27(37-3)26(36-2)13-18(22)10-11-30(24)29(33)21-6-4-5-7-23(21)31(34)35/h4-9,12-15,24H,10-11,16H2,1-3H3/t24-/m0/s1. The Morgan fingerprint density at radius 1 is 1.08 bits per heavy atom. The van der Waals surface area contributed by atoms with Crippen LogP contribution in [0.1, 0.15) is 33.1 Å². The number of methoxy groups -OCH3 is 2. The summed E-state index contributed by atoms with van der Waals surface area (Å²) in [6.07, 6.45) is 0.513. The number of fused-ring (bicyclic) bond motifs is 2. The largest absolute Gasteiger partial charge is 0.493 e. The van der Waals surface area contributed by atoms with Gasteiger partial charge in [-0.3, -0.25) is 14.9 Å². The lowest BCUT2D eigenvalue weighted by Crippen LogP contribution is -2.42. The van der Waals surface area contributed by atoms with Crippen molar-refractivity contribution < 1.29 is 28.3 Å². The van der Waals surface area contributed by atoms with Gasteiger partial charge in [-0.2, -0.15) is 0 Å². The van der Waals surface area contributed by atoms with Gasteiger partial charge in [0.05, 0.1) is 25.2 Å². The lowest BCUT2D eigenvalue weighted by molar-refractivity contribution is -0.385. The van der Waals surface area contributed by atoms with E-state index >= 15 is 0 Å². The molecule has 0 bridgehead atoms. The monoisotopic (exact) mass is 530 g/mol. The summed E-state index contributed by atoms with van der Waals surface area (Å²) < 4.78 is 22.5. The number of carbonyl (C=O) groups is 1. The number of ether oxygens (including phenoxy) is 3. The molecule has 5 rings (SSSR count). The molecule has 0 aliphatic carbocycles. The number of benzene rings is 3. The molecule has 0 saturated carbocycles. The van der Waals surface area contributed by atoms with E-state index in [0.29, 0.717) is 35.8 Å². The molecule has 1 atom stereocenters. The summed E-state index contributed by atoms with van der Waals surface area (Å²) in [5, 5.41) is 12.4. The second kappa shape index (κ2) is 10.5. The molecule has 0 radical (unpaired) electrons. The van der Waals surface area contributed by atoms with Gasteiger partial charge >= 0.3 is 5.63 Å². The molecule has 0 unspecified atom stereocenters. The molecule has 2 heterocycles. The predicted octanol–water partition coefficient (Wildman–Crippen LogP) is 4.85. The van der Waals surface area contributed by atoms with Gasteiger partial charge in [0.2, 0.25) is 0 Å². The number of nitro groups is 1. The second-order valence-electron chi connectivity index (χ2n) is 9.16. The van der Waals surface area contributed by atoms with Crippen molar-refractivity contribution in [3.05, 3.63) is 103 Å². The topological polar surface area (TPSA) is 121 Å². The first kappa shape index (κ1) is 25.8. The van der Waals surface area contributed by atoms with Crippen molar-refractivity contribution in [3.63, 3.8) is 0 Å². The maximum absolute atomic E-state index is 13.7. The molecule has 10 nitrogen and oxygen atoms in total. The van der Waals surface area contributed by atoms with Crippen LogP contribution in [0.4, 0.5) is 5.69 Å². The van der Waals surface area contributed by atoms with Crippen molar-refractivity contribution in [2.75, 3.05) is 27.4 Å². The highest BCUT2D eigenvalue weighted by Gasteiger charge is 2.35. The first-order valence-corrected chi connectivity index (χ1v) is 12.3. The molecule has 0 spiro atoms. The molecular formula is C29H26N2O8. The van der Waals surface area contributed by atoms with Gasteiger partial charge in [0, 0.05) is 30.1 Å². The van der Waals surface area contributed by atoms with Crippen LogP contribution in [-0.2, 0) is 6.42 Å². The Hall–Kier alpha value is -4.86. The number of amides is 1. The number of aryl methyl sites for hydroxylation is 1. The highest BCUT2D eigenvalue weighted by molar-refractivity contribution is 5.98. The van der Waals surface area contributed by atoms with Crippen LogP contribution in [0.15, 0.2) is 69.9 Å². The molecule has 1 aliphatic rings. The van der Waals surface area contributed by atoms with Gasteiger partial charge in [0.15, 0.2) is 11.5 Å². The molecule has 1 aromatic heterocycles. The third-order valence-electron chi connectivity index (χ3n) is 6.93. The van der Waals surface area contributed by atoms with E-state index in [1.165, 1.54) is 31.4 Å². The zero-order valence-corrected chi connectivity index (χ0v) is 21.6. The summed E-state index contributed by atoms with van der Waals surface area (Å²) in [7, 11) is 3.08. The quantitative estimate of drug-likeness (QED) is 0.189. The Labute approximate surface area is 223 Å². The van der Waals surface area contributed by atoms with Crippen LogP contribution in [-0.4, -0.2) is 43.1 Å². The van der Waals surface area contributed by atoms with Crippen LogP contribution in [0.3, 0.4) is 0 Å². The van der Waals surface area contributed by atoms with E-state index in [1.54, 1.807) is 30.2 Å². The minimum atomic E-state index is -0.596. The van der Waals surface area contributed by atoms with Crippen molar-refractivity contribution in [3.8, 4) is 17.2 Å². The second-order valence-corrected chi connectivity index (χ2v) is 9.16. The van der Waals surface area contributed by atoms with Crippen LogP contribution in [0, 0.1) is 17.0 Å². The number of carbonyl (C=O) groups excluding carboxylic acids is 1. The van der Waals surface area contributed by atoms with E-state index in [0.717, 1.165) is 22.1 Å². The van der Waals surface area contributed by atoms with Gasteiger partial charge < -0.3 is 23.5 Å². The maximum Gasteiger partial charge on any atom is 0.336 e. The van der Waals surface area contributed by atoms with Gasteiger partial charge in [-0.25, -0.2) is 4.79 Å². The Bertz CT molecular complexity index is 1640. The van der Waals surface area contributed by atoms with Crippen LogP contribution in [0.2, 0.25) is 0 Å². The van der Waals surface area contributed by atoms with Crippen molar-refractivity contribution in [1.82, 2.24) is 4.90 Å². The zero-order chi connectivity index (χ0) is 27.7. The maximum atomic E-state index is 13.7. The van der Waals surface area contributed by atoms with E-state index < -0.39 is 22.5 Å². The smallest absolute Gasteiger partial charge is 0.336 e. The summed E-state index contributed by atoms with van der Waals surface area (Å²) in [5.74, 6) is 1.02. The minimum Gasteiger partial charge on any atom is -0.493 e. The fraction of sp³-hybridized carbons (Fsp3) is 0.241. The fourth-order valence-electron chi connectivity index (χ4n) is 4.99. The van der Waals surface area contributed by atoms with Gasteiger partial charge in [-0.05, 0) is 60.4 Å². The van der Waals surface area contributed by atoms with Gasteiger partial charge in [0.25, 0.3) is 11.6 Å². The van der Waals surface area contributed by atoms with Crippen molar-refractivity contribution in [2.24, 2.45) is 0 Å². The highest BCUT2D eigenvalue weighted by Crippen LogP contribution is 2.39. The van der Waals surface area contributed by atoms with Crippen molar-refractivity contribution in [1.29, 1.82) is 0 Å². The van der Waals surface area contributed by atoms with Crippen LogP contribution < -0.4 is 19.8 Å². The average molecular weight is 531 g/mol. The first-order valence-electron chi connectivity index (χ1n) is 12.3. The molecule has 1 aliphatic heterocycles. The SMILES string of the molecule is COc1cc2c(cc1OC)[C@H](COc1ccc3c(C)cc(=O)oc3c1)N(C(=O)c1ccccc1[N+](=O)[O-])CC2. The first-order chi connectivity index (χ1) is 18.8. The lowest BCUT2D eigenvalue weighted by atomic mass is 9.91. The molecule has 4 aromatic rings. The number of nitrogens with zero attached hydrogens (tertiary/aromatic N) is 2. The predicted molar refractivity (Wildman–Crippen MR) is 143 cm³/mol. The van der Waals surface area contributed by atoms with Crippen molar-refractivity contribution in [2.45, 2.75) is 19.4 Å². The number of hydrogen-bond acceptors (Lipinski definition) is 8. The molecule has 39 heavy (non-hydrogen) atoms. The molecule has 3 aromatic carbocycles. The van der Waals surface area contributed by atoms with Gasteiger partial charge in [-0.15, -0.1) is 0 Å². The third-order valence-corrected chi connectivity index (χ3v) is 6.93. The van der Waals surface area contributed by atoms with E-state index in [1.807, 2.05) is 25.1 Å². The summed E-state index contributed by atoms with van der Waals surface area (Å²) in [5.41, 5.74) is 2.19. The number of rotatable bonds is 7. The van der Waals surface area contributed by atoms with Crippen LogP contribution in [0.5, 0.6) is 17.2 Å². The Balaban J connectivity index is 1.54. The average Bonchev–Trinajstić information content (AvgIpc) is 2.94. The lowest BCUT2D eigenvalue weighted by Gasteiger charge is -2.37. The van der Waals surface area contributed by atoms with Gasteiger partial charge in [-0.1, -0.05) is 12.1 Å². The van der Waals surface area contributed by atoms with Crippen LogP contribution >= 0.6 is 0 Å². The Kier molecular flexibility index (Phi) is 6.93. The van der Waals surface area contributed by atoms with E-state index in [-0.39, 0.29) is 17.9 Å². The Morgan fingerprint density at radius 3 is 2.56 bits per heavy atom.